The number of anilines is 1. The van der Waals surface area contributed by atoms with Crippen molar-refractivity contribution in [2.24, 2.45) is 0 Å². The lowest BCUT2D eigenvalue weighted by Crippen LogP contribution is -2.48. The van der Waals surface area contributed by atoms with E-state index in [0.29, 0.717) is 6.54 Å². The van der Waals surface area contributed by atoms with E-state index in [0.717, 1.165) is 57.1 Å². The molecule has 1 saturated heterocycles. The van der Waals surface area contributed by atoms with Gasteiger partial charge in [-0.15, -0.1) is 0 Å². The molecule has 2 aliphatic rings. The van der Waals surface area contributed by atoms with Crippen LogP contribution in [0.5, 0.6) is 0 Å². The first-order valence-corrected chi connectivity index (χ1v) is 10.8. The van der Waals surface area contributed by atoms with Crippen molar-refractivity contribution in [3.63, 3.8) is 0 Å². The van der Waals surface area contributed by atoms with Crippen molar-refractivity contribution in [1.82, 2.24) is 24.6 Å². The number of aromatic nitrogens is 4. The van der Waals surface area contributed by atoms with Crippen molar-refractivity contribution in [3.8, 4) is 0 Å². The first-order valence-electron chi connectivity index (χ1n) is 10.8. The van der Waals surface area contributed by atoms with Gasteiger partial charge in [0.1, 0.15) is 12.1 Å². The zero-order valence-corrected chi connectivity index (χ0v) is 17.9. The van der Waals surface area contributed by atoms with Gasteiger partial charge in [0.25, 0.3) is 5.56 Å². The number of nitrogens with zero attached hydrogens (tertiary/aromatic N) is 6. The van der Waals surface area contributed by atoms with Crippen LogP contribution in [-0.4, -0.2) is 57.4 Å². The summed E-state index contributed by atoms with van der Waals surface area (Å²) in [4.78, 5) is 26.1. The minimum Gasteiger partial charge on any atom is -0.354 e. The Labute approximate surface area is 172 Å². The molecular formula is C22H32N6O. The van der Waals surface area contributed by atoms with Crippen LogP contribution in [0.2, 0.25) is 0 Å². The highest BCUT2D eigenvalue weighted by Gasteiger charge is 2.23. The molecule has 2 aromatic heterocycles. The predicted molar refractivity (Wildman–Crippen MR) is 115 cm³/mol. The van der Waals surface area contributed by atoms with Gasteiger partial charge in [-0.1, -0.05) is 20.8 Å². The average Bonchev–Trinajstić information content (AvgIpc) is 2.72. The molecule has 0 saturated carbocycles. The van der Waals surface area contributed by atoms with Gasteiger partial charge < -0.3 is 4.90 Å². The Morgan fingerprint density at radius 2 is 1.72 bits per heavy atom. The van der Waals surface area contributed by atoms with Crippen molar-refractivity contribution in [1.29, 1.82) is 0 Å². The zero-order chi connectivity index (χ0) is 20.4. The molecule has 7 nitrogen and oxygen atoms in total. The monoisotopic (exact) mass is 396 g/mol. The summed E-state index contributed by atoms with van der Waals surface area (Å²) in [5.74, 6) is 1.14. The van der Waals surface area contributed by atoms with Crippen LogP contribution in [0.4, 0.5) is 5.82 Å². The number of fused-ring (bicyclic) bond motifs is 1. The summed E-state index contributed by atoms with van der Waals surface area (Å²) < 4.78 is 1.62. The Hall–Kier alpha value is -2.28. The van der Waals surface area contributed by atoms with Gasteiger partial charge in [-0.2, -0.15) is 5.10 Å². The van der Waals surface area contributed by atoms with Crippen LogP contribution < -0.4 is 10.5 Å². The molecule has 0 bridgehead atoms. The fraction of sp³-hybridized carbons (Fsp3) is 0.636. The summed E-state index contributed by atoms with van der Waals surface area (Å²) in [6, 6.07) is 3.49. The largest absolute Gasteiger partial charge is 0.354 e. The van der Waals surface area contributed by atoms with Crippen LogP contribution in [0.25, 0.3) is 0 Å². The first-order chi connectivity index (χ1) is 13.9. The van der Waals surface area contributed by atoms with Crippen molar-refractivity contribution >= 4 is 5.82 Å². The first kappa shape index (κ1) is 20.0. The molecular weight excluding hydrogens is 364 g/mol. The molecule has 0 N–H and O–H groups in total. The van der Waals surface area contributed by atoms with Crippen LogP contribution in [0.15, 0.2) is 23.3 Å². The molecule has 29 heavy (non-hydrogen) atoms. The minimum atomic E-state index is -0.0578. The van der Waals surface area contributed by atoms with E-state index in [1.807, 2.05) is 6.07 Å². The number of rotatable bonds is 4. The van der Waals surface area contributed by atoms with Crippen LogP contribution in [-0.2, 0) is 24.8 Å². The molecule has 1 fully saturated rings. The van der Waals surface area contributed by atoms with Crippen molar-refractivity contribution in [2.45, 2.75) is 58.4 Å². The van der Waals surface area contributed by atoms with E-state index in [-0.39, 0.29) is 11.0 Å². The molecule has 156 valence electrons. The SMILES string of the molecule is CC(C)(C)c1ccc(=O)n(CCN2CCN(c3ncnc4c3CCCC4)CC2)n1. The maximum absolute atomic E-state index is 12.2. The summed E-state index contributed by atoms with van der Waals surface area (Å²) >= 11 is 0. The van der Waals surface area contributed by atoms with E-state index < -0.39 is 0 Å². The highest BCUT2D eigenvalue weighted by molar-refractivity contribution is 5.50. The fourth-order valence-electron chi connectivity index (χ4n) is 4.20. The molecule has 0 unspecified atom stereocenters. The second-order valence-corrected chi connectivity index (χ2v) is 9.19. The van der Waals surface area contributed by atoms with Crippen molar-refractivity contribution in [3.05, 3.63) is 45.8 Å². The highest BCUT2D eigenvalue weighted by Crippen LogP contribution is 2.27. The summed E-state index contributed by atoms with van der Waals surface area (Å²) in [5.41, 5.74) is 3.48. The Balaban J connectivity index is 1.36. The summed E-state index contributed by atoms with van der Waals surface area (Å²) in [6.45, 7) is 11.7. The van der Waals surface area contributed by atoms with Crippen LogP contribution in [0.1, 0.15) is 50.6 Å². The lowest BCUT2D eigenvalue weighted by molar-refractivity contribution is 0.241. The summed E-state index contributed by atoms with van der Waals surface area (Å²) in [5, 5.41) is 4.59. The Morgan fingerprint density at radius 3 is 2.48 bits per heavy atom. The molecule has 7 heteroatoms. The number of hydrogen-bond acceptors (Lipinski definition) is 6. The van der Waals surface area contributed by atoms with Crippen LogP contribution in [0.3, 0.4) is 0 Å². The third-order valence-electron chi connectivity index (χ3n) is 6.04. The third kappa shape index (κ3) is 4.50. The van der Waals surface area contributed by atoms with Crippen molar-refractivity contribution in [2.75, 3.05) is 37.6 Å². The molecule has 1 aliphatic heterocycles. The summed E-state index contributed by atoms with van der Waals surface area (Å²) in [6.07, 6.45) is 6.39. The minimum absolute atomic E-state index is 0.0238. The third-order valence-corrected chi connectivity index (χ3v) is 6.04. The lowest BCUT2D eigenvalue weighted by atomic mass is 9.92. The van der Waals surface area contributed by atoms with Gasteiger partial charge >= 0.3 is 0 Å². The van der Waals surface area contributed by atoms with Gasteiger partial charge in [0, 0.05) is 55.5 Å². The highest BCUT2D eigenvalue weighted by atomic mass is 16.1. The van der Waals surface area contributed by atoms with E-state index in [4.69, 9.17) is 0 Å². The van der Waals surface area contributed by atoms with E-state index in [9.17, 15) is 4.79 Å². The lowest BCUT2D eigenvalue weighted by Gasteiger charge is -2.36. The second kappa shape index (κ2) is 8.22. The Kier molecular flexibility index (Phi) is 5.67. The topological polar surface area (TPSA) is 67.2 Å². The van der Waals surface area contributed by atoms with E-state index in [1.165, 1.54) is 24.1 Å². The summed E-state index contributed by atoms with van der Waals surface area (Å²) in [7, 11) is 0. The smallest absolute Gasteiger partial charge is 0.266 e. The van der Waals surface area contributed by atoms with E-state index >= 15 is 0 Å². The number of hydrogen-bond donors (Lipinski definition) is 0. The molecule has 1 aliphatic carbocycles. The fourth-order valence-corrected chi connectivity index (χ4v) is 4.20. The van der Waals surface area contributed by atoms with E-state index in [2.05, 4.69) is 45.6 Å². The molecule has 4 rings (SSSR count). The maximum Gasteiger partial charge on any atom is 0.266 e. The standard InChI is InChI=1S/C22H32N6O/c1-22(2,3)19-8-9-20(29)28(25-19)15-12-26-10-13-27(14-11-26)21-17-6-4-5-7-18(17)23-16-24-21/h8-9,16H,4-7,10-15H2,1-3H3. The molecule has 0 radical (unpaired) electrons. The van der Waals surface area contributed by atoms with Crippen LogP contribution in [0, 0.1) is 0 Å². The molecule has 0 spiro atoms. The number of piperazine rings is 1. The van der Waals surface area contributed by atoms with Crippen LogP contribution >= 0.6 is 0 Å². The number of aryl methyl sites for hydroxylation is 1. The van der Waals surface area contributed by atoms with Gasteiger partial charge in [0.2, 0.25) is 0 Å². The normalized spacial score (nSPS) is 18.0. The zero-order valence-electron chi connectivity index (χ0n) is 17.9. The molecule has 3 heterocycles. The maximum atomic E-state index is 12.2. The predicted octanol–water partition coefficient (Wildman–Crippen LogP) is 2.03. The quantitative estimate of drug-likeness (QED) is 0.788. The molecule has 0 aromatic carbocycles. The Bertz CT molecular complexity index is 908. The van der Waals surface area contributed by atoms with Gasteiger partial charge in [0.05, 0.1) is 12.2 Å². The second-order valence-electron chi connectivity index (χ2n) is 9.19. The van der Waals surface area contributed by atoms with Crippen molar-refractivity contribution < 1.29 is 0 Å². The molecule has 0 atom stereocenters. The van der Waals surface area contributed by atoms with Gasteiger partial charge in [-0.3, -0.25) is 9.69 Å². The Morgan fingerprint density at radius 1 is 0.966 bits per heavy atom. The van der Waals surface area contributed by atoms with Gasteiger partial charge in [0.15, 0.2) is 0 Å². The average molecular weight is 397 g/mol. The van der Waals surface area contributed by atoms with E-state index in [1.54, 1.807) is 17.1 Å². The molecule has 2 aromatic rings. The van der Waals surface area contributed by atoms with Gasteiger partial charge in [-0.25, -0.2) is 14.6 Å². The van der Waals surface area contributed by atoms with Gasteiger partial charge in [-0.05, 0) is 31.7 Å². The molecule has 0 amide bonds.